The highest BCUT2D eigenvalue weighted by Crippen LogP contribution is 2.27. The third-order valence-electron chi connectivity index (χ3n) is 3.95. The monoisotopic (exact) mass is 379 g/mol. The van der Waals surface area contributed by atoms with E-state index in [9.17, 15) is 22.0 Å². The molecule has 0 saturated heterocycles. The van der Waals surface area contributed by atoms with Crippen molar-refractivity contribution in [3.05, 3.63) is 59.4 Å². The largest absolute Gasteiger partial charge is 0.451 e. The van der Waals surface area contributed by atoms with Crippen molar-refractivity contribution in [2.75, 3.05) is 5.32 Å². The fourth-order valence-corrected chi connectivity index (χ4v) is 3.36. The highest BCUT2D eigenvalue weighted by molar-refractivity contribution is 7.91. The van der Waals surface area contributed by atoms with Crippen LogP contribution in [-0.2, 0) is 9.84 Å². The fraction of sp³-hybridized carbons (Fsp3) is 0.167. The molecule has 0 unspecified atom stereocenters. The number of nitrogens with one attached hydrogen (secondary N) is 1. The SMILES string of the molecule is Cc1ccc2oc(C(=O)Nc3cccc(S(=O)(=O)C(F)F)c3)c(C)c2c1. The van der Waals surface area contributed by atoms with Crippen LogP contribution in [-0.4, -0.2) is 20.1 Å². The Hall–Kier alpha value is -2.74. The molecule has 1 aromatic heterocycles. The van der Waals surface area contributed by atoms with E-state index in [0.29, 0.717) is 11.1 Å². The number of rotatable bonds is 4. The zero-order valence-corrected chi connectivity index (χ0v) is 14.7. The van der Waals surface area contributed by atoms with Gasteiger partial charge in [-0.1, -0.05) is 17.7 Å². The molecule has 8 heteroatoms. The summed E-state index contributed by atoms with van der Waals surface area (Å²) >= 11 is 0. The van der Waals surface area contributed by atoms with Crippen molar-refractivity contribution in [1.29, 1.82) is 0 Å². The predicted octanol–water partition coefficient (Wildman–Crippen LogP) is 4.30. The molecule has 3 aromatic rings. The summed E-state index contributed by atoms with van der Waals surface area (Å²) in [5, 5.41) is 3.28. The fourth-order valence-electron chi connectivity index (χ4n) is 2.59. The third-order valence-corrected chi connectivity index (χ3v) is 5.33. The van der Waals surface area contributed by atoms with Gasteiger partial charge in [-0.15, -0.1) is 0 Å². The van der Waals surface area contributed by atoms with Gasteiger partial charge in [0.25, 0.3) is 5.91 Å². The lowest BCUT2D eigenvalue weighted by Crippen LogP contribution is -2.14. The molecular formula is C18H15F2NO4S. The summed E-state index contributed by atoms with van der Waals surface area (Å²) in [4.78, 5) is 11.9. The van der Waals surface area contributed by atoms with Gasteiger partial charge in [0.2, 0.25) is 9.84 Å². The first kappa shape index (κ1) is 18.1. The number of sulfone groups is 1. The molecule has 1 amide bonds. The molecule has 1 N–H and O–H groups in total. The predicted molar refractivity (Wildman–Crippen MR) is 93.3 cm³/mol. The standard InChI is InChI=1S/C18H15F2NO4S/c1-10-6-7-15-14(8-10)11(2)16(25-15)17(22)21-12-4-3-5-13(9-12)26(23,24)18(19)20/h3-9,18H,1-2H3,(H,21,22). The summed E-state index contributed by atoms with van der Waals surface area (Å²) < 4.78 is 54.0. The van der Waals surface area contributed by atoms with Crippen molar-refractivity contribution < 1.29 is 26.4 Å². The summed E-state index contributed by atoms with van der Waals surface area (Å²) in [5.74, 6) is -4.05. The molecule has 1 heterocycles. The highest BCUT2D eigenvalue weighted by atomic mass is 32.2. The van der Waals surface area contributed by atoms with Crippen molar-refractivity contribution in [2.24, 2.45) is 0 Å². The molecule has 5 nitrogen and oxygen atoms in total. The maximum absolute atomic E-state index is 12.7. The van der Waals surface area contributed by atoms with E-state index in [-0.39, 0.29) is 11.4 Å². The molecule has 0 aliphatic heterocycles. The Kier molecular flexibility index (Phi) is 4.53. The quantitative estimate of drug-likeness (QED) is 0.733. The summed E-state index contributed by atoms with van der Waals surface area (Å²) in [6.07, 6.45) is 0. The van der Waals surface area contributed by atoms with Crippen LogP contribution in [0.1, 0.15) is 21.7 Å². The number of aryl methyl sites for hydroxylation is 2. The van der Waals surface area contributed by atoms with Gasteiger partial charge in [0.05, 0.1) is 4.90 Å². The van der Waals surface area contributed by atoms with Crippen LogP contribution in [0.25, 0.3) is 11.0 Å². The Morgan fingerprint density at radius 2 is 1.85 bits per heavy atom. The van der Waals surface area contributed by atoms with E-state index < -0.39 is 26.4 Å². The molecule has 26 heavy (non-hydrogen) atoms. The Bertz CT molecular complexity index is 1100. The average molecular weight is 379 g/mol. The number of hydrogen-bond acceptors (Lipinski definition) is 4. The Morgan fingerprint density at radius 1 is 1.12 bits per heavy atom. The molecular weight excluding hydrogens is 364 g/mol. The molecule has 0 aliphatic rings. The zero-order valence-electron chi connectivity index (χ0n) is 13.9. The zero-order chi connectivity index (χ0) is 19.1. The molecule has 0 saturated carbocycles. The number of carbonyl (C=O) groups is 1. The van der Waals surface area contributed by atoms with Crippen LogP contribution in [0, 0.1) is 13.8 Å². The topological polar surface area (TPSA) is 76.4 Å². The van der Waals surface area contributed by atoms with Gasteiger partial charge in [-0.25, -0.2) is 8.42 Å². The molecule has 0 fully saturated rings. The van der Waals surface area contributed by atoms with Gasteiger partial charge in [0, 0.05) is 16.6 Å². The van der Waals surface area contributed by atoms with Gasteiger partial charge in [0.1, 0.15) is 5.58 Å². The number of halogens is 2. The lowest BCUT2D eigenvalue weighted by atomic mass is 10.1. The van der Waals surface area contributed by atoms with Crippen molar-refractivity contribution in [1.82, 2.24) is 0 Å². The first-order valence-electron chi connectivity index (χ1n) is 7.63. The van der Waals surface area contributed by atoms with Gasteiger partial charge in [0.15, 0.2) is 5.76 Å². The summed E-state index contributed by atoms with van der Waals surface area (Å²) in [6, 6.07) is 10.2. The molecule has 0 bridgehead atoms. The normalized spacial score (nSPS) is 11.9. The van der Waals surface area contributed by atoms with E-state index in [2.05, 4.69) is 5.32 Å². The third kappa shape index (κ3) is 3.20. The number of alkyl halides is 2. The van der Waals surface area contributed by atoms with Gasteiger partial charge in [-0.3, -0.25) is 4.79 Å². The molecule has 0 aliphatic carbocycles. The Morgan fingerprint density at radius 3 is 2.54 bits per heavy atom. The molecule has 0 spiro atoms. The number of amides is 1. The molecule has 0 atom stereocenters. The van der Waals surface area contributed by atoms with Crippen LogP contribution in [0.15, 0.2) is 51.8 Å². The van der Waals surface area contributed by atoms with Crippen LogP contribution in [0.4, 0.5) is 14.5 Å². The van der Waals surface area contributed by atoms with Crippen LogP contribution in [0.3, 0.4) is 0 Å². The van der Waals surface area contributed by atoms with E-state index in [1.807, 2.05) is 19.1 Å². The second-order valence-electron chi connectivity index (χ2n) is 5.84. The smallest absolute Gasteiger partial charge is 0.341 e. The van der Waals surface area contributed by atoms with E-state index in [0.717, 1.165) is 23.1 Å². The number of carbonyl (C=O) groups excluding carboxylic acids is 1. The molecule has 2 aromatic carbocycles. The summed E-state index contributed by atoms with van der Waals surface area (Å²) in [6.45, 7) is 3.65. The minimum absolute atomic E-state index is 0.0766. The van der Waals surface area contributed by atoms with Crippen LogP contribution in [0.5, 0.6) is 0 Å². The lowest BCUT2D eigenvalue weighted by molar-refractivity contribution is 0.0998. The Balaban J connectivity index is 1.93. The average Bonchev–Trinajstić information content (AvgIpc) is 2.91. The number of furan rings is 1. The lowest BCUT2D eigenvalue weighted by Gasteiger charge is -2.07. The van der Waals surface area contributed by atoms with Crippen molar-refractivity contribution in [2.45, 2.75) is 24.5 Å². The number of anilines is 1. The van der Waals surface area contributed by atoms with Gasteiger partial charge in [-0.2, -0.15) is 8.78 Å². The summed E-state index contributed by atoms with van der Waals surface area (Å²) in [5.41, 5.74) is 2.27. The number of fused-ring (bicyclic) bond motifs is 1. The van der Waals surface area contributed by atoms with Crippen molar-refractivity contribution in [3.63, 3.8) is 0 Å². The van der Waals surface area contributed by atoms with Crippen molar-refractivity contribution >= 4 is 32.4 Å². The molecule has 0 radical (unpaired) electrons. The van der Waals surface area contributed by atoms with Gasteiger partial charge >= 0.3 is 5.76 Å². The maximum Gasteiger partial charge on any atom is 0.341 e. The van der Waals surface area contributed by atoms with Crippen LogP contribution < -0.4 is 5.32 Å². The molecule has 3 rings (SSSR count). The van der Waals surface area contributed by atoms with E-state index in [1.165, 1.54) is 12.1 Å². The van der Waals surface area contributed by atoms with E-state index in [1.54, 1.807) is 13.0 Å². The maximum atomic E-state index is 12.7. The second kappa shape index (κ2) is 6.53. The second-order valence-corrected chi connectivity index (χ2v) is 7.76. The van der Waals surface area contributed by atoms with Crippen LogP contribution >= 0.6 is 0 Å². The minimum Gasteiger partial charge on any atom is -0.451 e. The van der Waals surface area contributed by atoms with Gasteiger partial charge < -0.3 is 9.73 Å². The number of hydrogen-bond donors (Lipinski definition) is 1. The number of benzene rings is 2. The summed E-state index contributed by atoms with van der Waals surface area (Å²) in [7, 11) is -4.74. The Labute approximate surface area is 148 Å². The first-order valence-corrected chi connectivity index (χ1v) is 9.18. The van der Waals surface area contributed by atoms with E-state index >= 15 is 0 Å². The molecule has 136 valence electrons. The van der Waals surface area contributed by atoms with Gasteiger partial charge in [-0.05, 0) is 44.2 Å². The highest BCUT2D eigenvalue weighted by Gasteiger charge is 2.27. The minimum atomic E-state index is -4.74. The van der Waals surface area contributed by atoms with E-state index in [4.69, 9.17) is 4.42 Å². The van der Waals surface area contributed by atoms with Crippen molar-refractivity contribution in [3.8, 4) is 0 Å². The van der Waals surface area contributed by atoms with Crippen LogP contribution in [0.2, 0.25) is 0 Å². The first-order chi connectivity index (χ1) is 12.2.